The average Bonchev–Trinajstić information content (AvgIpc) is 3.16. The molecular formula is C25H31FN2O3. The lowest BCUT2D eigenvalue weighted by molar-refractivity contribution is -0.0903. The number of hydroxylamine groups is 2. The minimum absolute atomic E-state index is 0.0300. The summed E-state index contributed by atoms with van der Waals surface area (Å²) in [4.78, 5) is 11.8. The number of urea groups is 1. The summed E-state index contributed by atoms with van der Waals surface area (Å²) >= 11 is 0. The third-order valence-corrected chi connectivity index (χ3v) is 6.26. The molecule has 1 aromatic carbocycles. The zero-order valence-corrected chi connectivity index (χ0v) is 18.3. The standard InChI is InChI=1S/C25H31FN2O3/c1-16(2)22-12-4-17(3)14-23(22)24(28(30)25(27)29)13-11-20-9-10-21(31-20)15-18-5-7-19(26)8-6-18/h5-10,16-17,22-24,30H,4,12,14-15H2,1-3H3,(H2,27,29). The molecule has 5 nitrogen and oxygen atoms in total. The van der Waals surface area contributed by atoms with Gasteiger partial charge in [0.05, 0.1) is 0 Å². The van der Waals surface area contributed by atoms with Crippen molar-refractivity contribution >= 4 is 6.03 Å². The van der Waals surface area contributed by atoms with Crippen molar-refractivity contribution in [1.82, 2.24) is 5.06 Å². The van der Waals surface area contributed by atoms with Crippen molar-refractivity contribution in [1.29, 1.82) is 0 Å². The Balaban J connectivity index is 1.82. The molecule has 4 unspecified atom stereocenters. The van der Waals surface area contributed by atoms with Crippen LogP contribution in [0, 0.1) is 41.3 Å². The fourth-order valence-electron chi connectivity index (χ4n) is 4.61. The molecule has 3 rings (SSSR count). The third kappa shape index (κ3) is 5.89. The van der Waals surface area contributed by atoms with E-state index in [2.05, 4.69) is 32.6 Å². The van der Waals surface area contributed by atoms with Gasteiger partial charge in [-0.1, -0.05) is 45.2 Å². The van der Waals surface area contributed by atoms with E-state index in [9.17, 15) is 14.4 Å². The number of amides is 2. The molecule has 2 amide bonds. The summed E-state index contributed by atoms with van der Waals surface area (Å²) in [5.74, 6) is 8.20. The van der Waals surface area contributed by atoms with Crippen LogP contribution in [0.1, 0.15) is 57.1 Å². The van der Waals surface area contributed by atoms with Gasteiger partial charge in [-0.05, 0) is 72.3 Å². The number of benzene rings is 1. The van der Waals surface area contributed by atoms with Crippen LogP contribution in [0.15, 0.2) is 40.8 Å². The summed E-state index contributed by atoms with van der Waals surface area (Å²) < 4.78 is 18.9. The summed E-state index contributed by atoms with van der Waals surface area (Å²) in [5.41, 5.74) is 6.32. The Morgan fingerprint density at radius 3 is 2.58 bits per heavy atom. The number of primary amides is 1. The van der Waals surface area contributed by atoms with Crippen molar-refractivity contribution in [2.45, 2.75) is 52.5 Å². The van der Waals surface area contributed by atoms with Gasteiger partial charge >= 0.3 is 6.03 Å². The van der Waals surface area contributed by atoms with E-state index in [1.54, 1.807) is 18.2 Å². The molecule has 1 aliphatic carbocycles. The Morgan fingerprint density at radius 2 is 1.94 bits per heavy atom. The van der Waals surface area contributed by atoms with E-state index in [0.717, 1.165) is 24.8 Å². The largest absolute Gasteiger partial charge is 0.452 e. The molecule has 1 saturated carbocycles. The first-order valence-corrected chi connectivity index (χ1v) is 10.9. The summed E-state index contributed by atoms with van der Waals surface area (Å²) in [6.45, 7) is 6.52. The number of nitrogens with zero attached hydrogens (tertiary/aromatic N) is 1. The highest BCUT2D eigenvalue weighted by Gasteiger charge is 2.38. The number of nitrogens with two attached hydrogens (primary N) is 1. The molecule has 4 atom stereocenters. The monoisotopic (exact) mass is 426 g/mol. The highest BCUT2D eigenvalue weighted by atomic mass is 19.1. The molecule has 6 heteroatoms. The van der Waals surface area contributed by atoms with E-state index >= 15 is 0 Å². The molecule has 0 spiro atoms. The predicted octanol–water partition coefficient (Wildman–Crippen LogP) is 5.21. The zero-order valence-electron chi connectivity index (χ0n) is 18.3. The Bertz CT molecular complexity index is 942. The molecule has 31 heavy (non-hydrogen) atoms. The first-order valence-electron chi connectivity index (χ1n) is 10.9. The fourth-order valence-corrected chi connectivity index (χ4v) is 4.61. The quantitative estimate of drug-likeness (QED) is 0.391. The number of hydrogen-bond donors (Lipinski definition) is 2. The van der Waals surface area contributed by atoms with Gasteiger partial charge in [0.2, 0.25) is 0 Å². The topological polar surface area (TPSA) is 79.7 Å². The van der Waals surface area contributed by atoms with E-state index < -0.39 is 12.1 Å². The lowest BCUT2D eigenvalue weighted by Gasteiger charge is -2.41. The van der Waals surface area contributed by atoms with Crippen molar-refractivity contribution in [2.75, 3.05) is 0 Å². The maximum absolute atomic E-state index is 13.1. The van der Waals surface area contributed by atoms with Gasteiger partial charge in [-0.3, -0.25) is 5.21 Å². The molecular weight excluding hydrogens is 395 g/mol. The van der Waals surface area contributed by atoms with Crippen LogP contribution in [0.4, 0.5) is 9.18 Å². The Hall–Kier alpha value is -2.78. The molecule has 0 bridgehead atoms. The van der Waals surface area contributed by atoms with Crippen LogP contribution in [0.5, 0.6) is 0 Å². The molecule has 1 aliphatic rings. The number of halogens is 1. The number of hydrogen-bond acceptors (Lipinski definition) is 3. The second kappa shape index (κ2) is 10.0. The van der Waals surface area contributed by atoms with E-state index in [1.165, 1.54) is 12.1 Å². The fraction of sp³-hybridized carbons (Fsp3) is 0.480. The molecule has 0 saturated heterocycles. The zero-order chi connectivity index (χ0) is 22.5. The molecule has 0 aliphatic heterocycles. The van der Waals surface area contributed by atoms with Gasteiger partial charge in [0.1, 0.15) is 17.6 Å². The van der Waals surface area contributed by atoms with Gasteiger partial charge in [0.15, 0.2) is 5.76 Å². The van der Waals surface area contributed by atoms with Crippen molar-refractivity contribution in [3.8, 4) is 11.8 Å². The minimum atomic E-state index is -0.906. The smallest absolute Gasteiger partial charge is 0.339 e. The lowest BCUT2D eigenvalue weighted by atomic mass is 9.67. The third-order valence-electron chi connectivity index (χ3n) is 6.26. The SMILES string of the molecule is CC1CCC(C(C)C)C(C(C#Cc2ccc(Cc3ccc(F)cc3)o2)N(O)C(N)=O)C1. The second-order valence-electron chi connectivity index (χ2n) is 8.96. The highest BCUT2D eigenvalue weighted by Crippen LogP contribution is 2.40. The molecule has 166 valence electrons. The van der Waals surface area contributed by atoms with E-state index in [0.29, 0.717) is 40.8 Å². The summed E-state index contributed by atoms with van der Waals surface area (Å²) in [6, 6.07) is 8.25. The van der Waals surface area contributed by atoms with E-state index in [4.69, 9.17) is 10.2 Å². The molecule has 1 heterocycles. The van der Waals surface area contributed by atoms with Gasteiger partial charge < -0.3 is 10.2 Å². The summed E-state index contributed by atoms with van der Waals surface area (Å²) in [7, 11) is 0. The van der Waals surface area contributed by atoms with Crippen molar-refractivity contribution < 1.29 is 18.8 Å². The molecule has 3 N–H and O–H groups in total. The van der Waals surface area contributed by atoms with E-state index in [-0.39, 0.29) is 11.7 Å². The first kappa shape index (κ1) is 22.9. The second-order valence-corrected chi connectivity index (χ2v) is 8.96. The number of furan rings is 1. The normalized spacial score (nSPS) is 21.9. The maximum Gasteiger partial charge on any atom is 0.339 e. The summed E-state index contributed by atoms with van der Waals surface area (Å²) in [5, 5.41) is 11.0. The number of carbonyl (C=O) groups excluding carboxylic acids is 1. The highest BCUT2D eigenvalue weighted by molar-refractivity contribution is 5.71. The maximum atomic E-state index is 13.1. The Kier molecular flexibility index (Phi) is 7.40. The lowest BCUT2D eigenvalue weighted by Crippen LogP contribution is -2.48. The van der Waals surface area contributed by atoms with Crippen LogP contribution >= 0.6 is 0 Å². The molecule has 0 radical (unpaired) electrons. The van der Waals surface area contributed by atoms with Gasteiger partial charge in [-0.15, -0.1) is 0 Å². The number of carbonyl (C=O) groups is 1. The van der Waals surface area contributed by atoms with Crippen molar-refractivity contribution in [3.63, 3.8) is 0 Å². The molecule has 1 fully saturated rings. The molecule has 2 aromatic rings. The van der Waals surface area contributed by atoms with Gasteiger partial charge in [0, 0.05) is 6.42 Å². The van der Waals surface area contributed by atoms with Crippen LogP contribution in [0.3, 0.4) is 0 Å². The number of rotatable bonds is 5. The van der Waals surface area contributed by atoms with Gasteiger partial charge in [-0.2, -0.15) is 5.06 Å². The Morgan fingerprint density at radius 1 is 1.23 bits per heavy atom. The van der Waals surface area contributed by atoms with Crippen LogP contribution in [0.25, 0.3) is 0 Å². The van der Waals surface area contributed by atoms with E-state index in [1.807, 2.05) is 6.07 Å². The van der Waals surface area contributed by atoms with Crippen LogP contribution in [0.2, 0.25) is 0 Å². The predicted molar refractivity (Wildman–Crippen MR) is 117 cm³/mol. The van der Waals surface area contributed by atoms with Crippen LogP contribution < -0.4 is 5.73 Å². The average molecular weight is 427 g/mol. The summed E-state index contributed by atoms with van der Waals surface area (Å²) in [6.07, 6.45) is 3.57. The van der Waals surface area contributed by atoms with Gasteiger partial charge in [-0.25, -0.2) is 9.18 Å². The van der Waals surface area contributed by atoms with Crippen molar-refractivity contribution in [2.24, 2.45) is 29.4 Å². The van der Waals surface area contributed by atoms with Gasteiger partial charge in [0.25, 0.3) is 0 Å². The minimum Gasteiger partial charge on any atom is -0.452 e. The molecule has 1 aromatic heterocycles. The first-order chi connectivity index (χ1) is 14.7. The van der Waals surface area contributed by atoms with Crippen LogP contribution in [-0.4, -0.2) is 22.3 Å². The Labute approximate surface area is 183 Å². The van der Waals surface area contributed by atoms with Crippen molar-refractivity contribution in [3.05, 3.63) is 59.3 Å². The van der Waals surface area contributed by atoms with Crippen LogP contribution in [-0.2, 0) is 6.42 Å².